The Balaban J connectivity index is 1.38. The summed E-state index contributed by atoms with van der Waals surface area (Å²) in [4.78, 5) is 39.6. The SMILES string of the molecule is Cc1nc(N2CCN(C(=O)c3cccc([N+](=O)[O-])c3)CC2)c2c3c(sc2n1)CC(C)CC3. The van der Waals surface area contributed by atoms with E-state index in [2.05, 4.69) is 11.8 Å². The van der Waals surface area contributed by atoms with Gasteiger partial charge in [-0.25, -0.2) is 9.97 Å². The molecule has 0 radical (unpaired) electrons. The lowest BCUT2D eigenvalue weighted by atomic mass is 9.89. The Labute approximate surface area is 190 Å². The normalized spacial score (nSPS) is 18.6. The van der Waals surface area contributed by atoms with Crippen molar-refractivity contribution in [3.05, 3.63) is 56.2 Å². The van der Waals surface area contributed by atoms with Crippen molar-refractivity contribution in [1.29, 1.82) is 0 Å². The van der Waals surface area contributed by atoms with Gasteiger partial charge in [-0.1, -0.05) is 13.0 Å². The zero-order valence-electron chi connectivity index (χ0n) is 18.2. The Kier molecular flexibility index (Phi) is 5.28. The number of fused-ring (bicyclic) bond motifs is 3. The van der Waals surface area contributed by atoms with Crippen molar-refractivity contribution in [3.63, 3.8) is 0 Å². The van der Waals surface area contributed by atoms with Crippen LogP contribution in [0, 0.1) is 23.0 Å². The molecule has 3 aromatic rings. The van der Waals surface area contributed by atoms with E-state index >= 15 is 0 Å². The molecule has 1 fully saturated rings. The van der Waals surface area contributed by atoms with Gasteiger partial charge in [0.25, 0.3) is 11.6 Å². The van der Waals surface area contributed by atoms with Crippen LogP contribution in [0.5, 0.6) is 0 Å². The van der Waals surface area contributed by atoms with E-state index in [1.54, 1.807) is 28.4 Å². The van der Waals surface area contributed by atoms with E-state index in [0.717, 1.165) is 29.3 Å². The smallest absolute Gasteiger partial charge is 0.270 e. The summed E-state index contributed by atoms with van der Waals surface area (Å²) in [5.41, 5.74) is 1.70. The van der Waals surface area contributed by atoms with Crippen molar-refractivity contribution in [2.75, 3.05) is 31.1 Å². The molecule has 0 bridgehead atoms. The van der Waals surface area contributed by atoms with E-state index in [9.17, 15) is 14.9 Å². The molecule has 2 aromatic heterocycles. The maximum absolute atomic E-state index is 12.9. The number of non-ortho nitro benzene ring substituents is 1. The fraction of sp³-hybridized carbons (Fsp3) is 0.435. The second-order valence-electron chi connectivity index (χ2n) is 8.71. The number of piperazine rings is 1. The lowest BCUT2D eigenvalue weighted by Gasteiger charge is -2.36. The molecular formula is C23H25N5O3S. The van der Waals surface area contributed by atoms with Gasteiger partial charge in [-0.3, -0.25) is 14.9 Å². The van der Waals surface area contributed by atoms with Crippen LogP contribution in [0.15, 0.2) is 24.3 Å². The molecule has 2 aliphatic rings. The van der Waals surface area contributed by atoms with Crippen molar-refractivity contribution < 1.29 is 9.72 Å². The van der Waals surface area contributed by atoms with E-state index in [-0.39, 0.29) is 11.6 Å². The second kappa shape index (κ2) is 8.12. The number of nitrogens with zero attached hydrogens (tertiary/aromatic N) is 5. The quantitative estimate of drug-likeness (QED) is 0.442. The van der Waals surface area contributed by atoms with Crippen molar-refractivity contribution in [1.82, 2.24) is 14.9 Å². The van der Waals surface area contributed by atoms with E-state index in [1.807, 2.05) is 6.92 Å². The zero-order chi connectivity index (χ0) is 22.4. The van der Waals surface area contributed by atoms with Gasteiger partial charge in [0.2, 0.25) is 0 Å². The van der Waals surface area contributed by atoms with Crippen molar-refractivity contribution >= 4 is 39.0 Å². The molecule has 1 atom stereocenters. The van der Waals surface area contributed by atoms with Gasteiger partial charge in [-0.15, -0.1) is 11.3 Å². The summed E-state index contributed by atoms with van der Waals surface area (Å²) in [7, 11) is 0. The summed E-state index contributed by atoms with van der Waals surface area (Å²) in [6.45, 7) is 6.69. The maximum Gasteiger partial charge on any atom is 0.270 e. The Bertz CT molecular complexity index is 1220. The highest BCUT2D eigenvalue weighted by Gasteiger charge is 2.28. The van der Waals surface area contributed by atoms with Gasteiger partial charge in [-0.2, -0.15) is 0 Å². The molecule has 166 valence electrons. The third-order valence-electron chi connectivity index (χ3n) is 6.42. The molecule has 1 aliphatic carbocycles. The molecule has 0 saturated carbocycles. The highest BCUT2D eigenvalue weighted by atomic mass is 32.1. The molecule has 1 amide bonds. The van der Waals surface area contributed by atoms with E-state index in [4.69, 9.17) is 9.97 Å². The molecule has 32 heavy (non-hydrogen) atoms. The summed E-state index contributed by atoms with van der Waals surface area (Å²) in [5, 5.41) is 12.2. The van der Waals surface area contributed by atoms with Crippen LogP contribution in [0.1, 0.15) is 40.0 Å². The first-order valence-corrected chi connectivity index (χ1v) is 11.8. The lowest BCUT2D eigenvalue weighted by molar-refractivity contribution is -0.384. The first kappa shape index (κ1) is 20.8. The van der Waals surface area contributed by atoms with Crippen LogP contribution in [0.2, 0.25) is 0 Å². The third kappa shape index (κ3) is 3.70. The largest absolute Gasteiger partial charge is 0.352 e. The Morgan fingerprint density at radius 2 is 2.00 bits per heavy atom. The predicted octanol–water partition coefficient (Wildman–Crippen LogP) is 4.00. The summed E-state index contributed by atoms with van der Waals surface area (Å²) in [6, 6.07) is 5.95. The van der Waals surface area contributed by atoms with Crippen molar-refractivity contribution in [2.24, 2.45) is 5.92 Å². The minimum absolute atomic E-state index is 0.0649. The Morgan fingerprint density at radius 3 is 2.75 bits per heavy atom. The number of amides is 1. The molecule has 8 nitrogen and oxygen atoms in total. The summed E-state index contributed by atoms with van der Waals surface area (Å²) >= 11 is 1.80. The lowest BCUT2D eigenvalue weighted by Crippen LogP contribution is -2.49. The van der Waals surface area contributed by atoms with Gasteiger partial charge in [-0.05, 0) is 43.7 Å². The van der Waals surface area contributed by atoms with Gasteiger partial charge in [0.15, 0.2) is 0 Å². The summed E-state index contributed by atoms with van der Waals surface area (Å²) < 4.78 is 0. The molecule has 9 heteroatoms. The van der Waals surface area contributed by atoms with Gasteiger partial charge < -0.3 is 9.80 Å². The fourth-order valence-corrected chi connectivity index (χ4v) is 6.13. The van der Waals surface area contributed by atoms with Crippen LogP contribution >= 0.6 is 11.3 Å². The molecule has 1 saturated heterocycles. The van der Waals surface area contributed by atoms with Crippen molar-refractivity contribution in [2.45, 2.75) is 33.1 Å². The molecular weight excluding hydrogens is 426 g/mol. The number of anilines is 1. The number of benzene rings is 1. The van der Waals surface area contributed by atoms with E-state index < -0.39 is 4.92 Å². The van der Waals surface area contributed by atoms with Crippen LogP contribution in [-0.4, -0.2) is 51.9 Å². The summed E-state index contributed by atoms with van der Waals surface area (Å²) in [6.07, 6.45) is 3.37. The van der Waals surface area contributed by atoms with Gasteiger partial charge >= 0.3 is 0 Å². The molecule has 1 aromatic carbocycles. The molecule has 1 aliphatic heterocycles. The molecule has 0 spiro atoms. The highest BCUT2D eigenvalue weighted by molar-refractivity contribution is 7.19. The minimum atomic E-state index is -0.473. The van der Waals surface area contributed by atoms with E-state index in [0.29, 0.717) is 37.7 Å². The number of carbonyl (C=O) groups excluding carboxylic acids is 1. The van der Waals surface area contributed by atoms with Crippen LogP contribution in [0.3, 0.4) is 0 Å². The number of carbonyl (C=O) groups is 1. The van der Waals surface area contributed by atoms with Crippen LogP contribution in [0.25, 0.3) is 10.2 Å². The predicted molar refractivity (Wildman–Crippen MR) is 125 cm³/mol. The zero-order valence-corrected chi connectivity index (χ0v) is 19.0. The molecule has 3 heterocycles. The first-order chi connectivity index (χ1) is 15.4. The van der Waals surface area contributed by atoms with Crippen molar-refractivity contribution in [3.8, 4) is 0 Å². The third-order valence-corrected chi connectivity index (χ3v) is 7.57. The average molecular weight is 452 g/mol. The average Bonchev–Trinajstić information content (AvgIpc) is 3.15. The topological polar surface area (TPSA) is 92.5 Å². The molecule has 1 unspecified atom stereocenters. The minimum Gasteiger partial charge on any atom is -0.352 e. The van der Waals surface area contributed by atoms with Gasteiger partial charge in [0.1, 0.15) is 16.5 Å². The number of nitro groups is 1. The highest BCUT2D eigenvalue weighted by Crippen LogP contribution is 2.41. The monoisotopic (exact) mass is 451 g/mol. The van der Waals surface area contributed by atoms with Gasteiger partial charge in [0, 0.05) is 48.8 Å². The second-order valence-corrected chi connectivity index (χ2v) is 9.80. The van der Waals surface area contributed by atoms with Gasteiger partial charge in [0.05, 0.1) is 10.3 Å². The van der Waals surface area contributed by atoms with Crippen LogP contribution in [-0.2, 0) is 12.8 Å². The number of rotatable bonds is 3. The Morgan fingerprint density at radius 1 is 1.22 bits per heavy atom. The summed E-state index contributed by atoms with van der Waals surface area (Å²) in [5.74, 6) is 2.30. The Hall–Kier alpha value is -3.07. The number of hydrogen-bond acceptors (Lipinski definition) is 7. The number of thiophene rings is 1. The van der Waals surface area contributed by atoms with Crippen LogP contribution in [0.4, 0.5) is 11.5 Å². The standard InChI is InChI=1S/C23H25N5O3S/c1-14-6-7-18-19(12-14)32-22-20(18)21(24-15(2)25-22)26-8-10-27(11-9-26)23(29)16-4-3-5-17(13-16)28(30)31/h3-5,13-14H,6-12H2,1-2H3. The number of nitro benzene ring substituents is 1. The van der Waals surface area contributed by atoms with Crippen LogP contribution < -0.4 is 4.90 Å². The number of hydrogen-bond donors (Lipinski definition) is 0. The molecule has 0 N–H and O–H groups in total. The number of aromatic nitrogens is 2. The first-order valence-electron chi connectivity index (χ1n) is 11.0. The maximum atomic E-state index is 12.9. The fourth-order valence-electron chi connectivity index (χ4n) is 4.71. The number of aryl methyl sites for hydroxylation is 2. The van der Waals surface area contributed by atoms with E-state index in [1.165, 1.54) is 34.4 Å². The molecule has 5 rings (SSSR count).